The van der Waals surface area contributed by atoms with E-state index in [0.29, 0.717) is 24.3 Å². The summed E-state index contributed by atoms with van der Waals surface area (Å²) in [6.45, 7) is 3.47. The van der Waals surface area contributed by atoms with Crippen LogP contribution in [0.4, 0.5) is 0 Å². The number of thioether (sulfide) groups is 2. The van der Waals surface area contributed by atoms with Crippen LogP contribution in [0.3, 0.4) is 0 Å². The Kier molecular flexibility index (Phi) is 17.8. The van der Waals surface area contributed by atoms with Crippen LogP contribution < -0.4 is 22.1 Å². The summed E-state index contributed by atoms with van der Waals surface area (Å²) in [6.07, 6.45) is 4.60. The third-order valence-electron chi connectivity index (χ3n) is 3.68. The summed E-state index contributed by atoms with van der Waals surface area (Å²) in [4.78, 5) is 43.8. The minimum atomic E-state index is -1.02. The van der Waals surface area contributed by atoms with E-state index in [9.17, 15) is 19.2 Å². The van der Waals surface area contributed by atoms with Gasteiger partial charge in [-0.1, -0.05) is 13.8 Å². The van der Waals surface area contributed by atoms with E-state index in [1.807, 2.05) is 26.4 Å². The number of carbonyl (C=O) groups excluding carboxylic acids is 2. The van der Waals surface area contributed by atoms with Crippen molar-refractivity contribution in [1.29, 1.82) is 0 Å². The highest BCUT2D eigenvalue weighted by Crippen LogP contribution is 2.04. The highest BCUT2D eigenvalue weighted by atomic mass is 32.2. The molecule has 0 heterocycles. The summed E-state index contributed by atoms with van der Waals surface area (Å²) < 4.78 is 0. The first-order valence-electron chi connectivity index (χ1n) is 9.00. The maximum absolute atomic E-state index is 11.6. The smallest absolute Gasteiger partial charge is 0.326 e. The number of hydrogen-bond acceptors (Lipinski definition) is 8. The van der Waals surface area contributed by atoms with Crippen LogP contribution in [-0.2, 0) is 19.2 Å². The van der Waals surface area contributed by atoms with Crippen LogP contribution in [0.15, 0.2) is 0 Å². The van der Waals surface area contributed by atoms with E-state index in [-0.39, 0.29) is 12.5 Å². The zero-order valence-electron chi connectivity index (χ0n) is 17.3. The zero-order valence-corrected chi connectivity index (χ0v) is 19.0. The number of nitrogens with one attached hydrogen (secondary N) is 2. The topological polar surface area (TPSA) is 185 Å². The third kappa shape index (κ3) is 15.1. The molecular formula is C17H34N4O6S2. The minimum absolute atomic E-state index is 0.00463. The number of amides is 2. The van der Waals surface area contributed by atoms with Crippen molar-refractivity contribution >= 4 is 47.3 Å². The highest BCUT2D eigenvalue weighted by molar-refractivity contribution is 7.98. The fraction of sp³-hybridized carbons (Fsp3) is 0.765. The first-order chi connectivity index (χ1) is 13.5. The molecule has 2 amide bonds. The average molecular weight is 455 g/mol. The molecule has 0 bridgehead atoms. The van der Waals surface area contributed by atoms with E-state index in [0.717, 1.165) is 0 Å². The number of carbonyl (C=O) groups is 4. The van der Waals surface area contributed by atoms with E-state index in [1.54, 1.807) is 11.8 Å². The molecule has 0 saturated heterocycles. The Bertz CT molecular complexity index is 522. The van der Waals surface area contributed by atoms with Gasteiger partial charge in [-0.05, 0) is 42.8 Å². The molecule has 8 N–H and O–H groups in total. The molecule has 0 unspecified atom stereocenters. The molecule has 0 aromatic rings. The Balaban J connectivity index is 0. The monoisotopic (exact) mass is 454 g/mol. The van der Waals surface area contributed by atoms with Gasteiger partial charge < -0.3 is 32.3 Å². The molecule has 0 aliphatic rings. The van der Waals surface area contributed by atoms with Crippen molar-refractivity contribution < 1.29 is 29.4 Å². The Morgan fingerprint density at radius 3 is 1.62 bits per heavy atom. The Labute approximate surface area is 180 Å². The van der Waals surface area contributed by atoms with Crippen LogP contribution in [0.25, 0.3) is 0 Å². The van der Waals surface area contributed by atoms with Gasteiger partial charge in [-0.3, -0.25) is 9.59 Å². The van der Waals surface area contributed by atoms with E-state index in [4.69, 9.17) is 21.7 Å². The molecule has 0 aliphatic carbocycles. The normalized spacial score (nSPS) is 13.5. The van der Waals surface area contributed by atoms with E-state index in [1.165, 1.54) is 11.8 Å². The van der Waals surface area contributed by atoms with Crippen LogP contribution in [0.1, 0.15) is 26.7 Å². The molecule has 0 aromatic carbocycles. The molecule has 0 aliphatic heterocycles. The number of aliphatic carboxylic acids is 2. The summed E-state index contributed by atoms with van der Waals surface area (Å²) >= 11 is 3.08. The maximum atomic E-state index is 11.6. The molecule has 0 saturated carbocycles. The summed E-state index contributed by atoms with van der Waals surface area (Å²) in [5.74, 6) is -1.49. The average Bonchev–Trinajstić information content (AvgIpc) is 2.67. The van der Waals surface area contributed by atoms with Crippen molar-refractivity contribution in [3.63, 3.8) is 0 Å². The van der Waals surface area contributed by atoms with Gasteiger partial charge >= 0.3 is 11.9 Å². The molecule has 0 fully saturated rings. The van der Waals surface area contributed by atoms with Crippen molar-refractivity contribution in [3.8, 4) is 0 Å². The molecule has 0 rings (SSSR count). The molecule has 10 nitrogen and oxygen atoms in total. The van der Waals surface area contributed by atoms with Gasteiger partial charge in [-0.25, -0.2) is 9.59 Å². The number of carboxylic acids is 2. The summed E-state index contributed by atoms with van der Waals surface area (Å²) in [5.41, 5.74) is 10.7. The second-order valence-corrected chi connectivity index (χ2v) is 8.37. The Morgan fingerprint density at radius 2 is 1.31 bits per heavy atom. The number of hydrogen-bond donors (Lipinski definition) is 6. The quantitative estimate of drug-likeness (QED) is 0.213. The second kappa shape index (κ2) is 17.4. The Morgan fingerprint density at radius 1 is 0.897 bits per heavy atom. The molecule has 29 heavy (non-hydrogen) atoms. The molecule has 0 aromatic heterocycles. The molecular weight excluding hydrogens is 420 g/mol. The summed E-state index contributed by atoms with van der Waals surface area (Å²) in [6, 6.07) is -2.32. The Hall–Kier alpha value is -1.50. The minimum Gasteiger partial charge on any atom is -0.480 e. The van der Waals surface area contributed by atoms with Crippen molar-refractivity contribution in [2.45, 2.75) is 44.8 Å². The van der Waals surface area contributed by atoms with Gasteiger partial charge in [-0.15, -0.1) is 0 Å². The molecule has 170 valence electrons. The standard InChI is InChI=1S/C10H20N2O3S.C7H14N2O3S/c1-6(2)8(11)9(13)12-7(10(14)15)4-5-16-3;1-13-3-2-5(7(11)12)9-6(10)4-8/h6-8H,4-5,11H2,1-3H3,(H,12,13)(H,14,15);5H,2-4,8H2,1H3,(H,9,10)(H,11,12)/t7-,8-;5-/m00/s1. The van der Waals surface area contributed by atoms with Crippen LogP contribution >= 0.6 is 23.5 Å². The van der Waals surface area contributed by atoms with Gasteiger partial charge in [0.05, 0.1) is 12.6 Å². The lowest BCUT2D eigenvalue weighted by atomic mass is 10.0. The number of carboxylic acid groups (broad SMARTS) is 2. The summed E-state index contributed by atoms with van der Waals surface area (Å²) in [5, 5.41) is 22.4. The molecule has 12 heteroatoms. The SMILES string of the molecule is CSCC[C@H](NC(=O)CN)C(=O)O.CSCC[C@H](NC(=O)[C@@H](N)C(C)C)C(=O)O. The van der Waals surface area contributed by atoms with Crippen molar-refractivity contribution in [3.05, 3.63) is 0 Å². The maximum Gasteiger partial charge on any atom is 0.326 e. The largest absolute Gasteiger partial charge is 0.480 e. The fourth-order valence-electron chi connectivity index (χ4n) is 1.81. The number of nitrogens with two attached hydrogens (primary N) is 2. The van der Waals surface area contributed by atoms with Gasteiger partial charge in [0.2, 0.25) is 11.8 Å². The van der Waals surface area contributed by atoms with Crippen molar-refractivity contribution in [2.75, 3.05) is 30.6 Å². The molecule has 0 radical (unpaired) electrons. The van der Waals surface area contributed by atoms with Crippen molar-refractivity contribution in [2.24, 2.45) is 17.4 Å². The van der Waals surface area contributed by atoms with Crippen LogP contribution in [0.2, 0.25) is 0 Å². The number of rotatable bonds is 13. The van der Waals surface area contributed by atoms with Crippen LogP contribution in [0, 0.1) is 5.92 Å². The lowest BCUT2D eigenvalue weighted by Crippen LogP contribution is -2.50. The van der Waals surface area contributed by atoms with Crippen LogP contribution in [-0.4, -0.2) is 82.7 Å². The van der Waals surface area contributed by atoms with Gasteiger partial charge in [0.1, 0.15) is 12.1 Å². The van der Waals surface area contributed by atoms with Gasteiger partial charge in [0.15, 0.2) is 0 Å². The van der Waals surface area contributed by atoms with E-state index < -0.39 is 41.9 Å². The predicted molar refractivity (Wildman–Crippen MR) is 117 cm³/mol. The fourth-order valence-corrected chi connectivity index (χ4v) is 2.75. The van der Waals surface area contributed by atoms with E-state index in [2.05, 4.69) is 10.6 Å². The zero-order chi connectivity index (χ0) is 23.0. The third-order valence-corrected chi connectivity index (χ3v) is 4.96. The lowest BCUT2D eigenvalue weighted by molar-refractivity contribution is -0.142. The predicted octanol–water partition coefficient (Wildman–Crippen LogP) is -0.440. The molecule has 3 atom stereocenters. The van der Waals surface area contributed by atoms with Gasteiger partial charge in [-0.2, -0.15) is 23.5 Å². The lowest BCUT2D eigenvalue weighted by Gasteiger charge is -2.19. The highest BCUT2D eigenvalue weighted by Gasteiger charge is 2.24. The van der Waals surface area contributed by atoms with Gasteiger partial charge in [0.25, 0.3) is 0 Å². The van der Waals surface area contributed by atoms with Crippen molar-refractivity contribution in [1.82, 2.24) is 10.6 Å². The first kappa shape index (κ1) is 29.7. The first-order valence-corrected chi connectivity index (χ1v) is 11.8. The summed E-state index contributed by atoms with van der Waals surface area (Å²) in [7, 11) is 0. The van der Waals surface area contributed by atoms with Crippen LogP contribution in [0.5, 0.6) is 0 Å². The second-order valence-electron chi connectivity index (χ2n) is 6.39. The molecule has 0 spiro atoms. The van der Waals surface area contributed by atoms with E-state index >= 15 is 0 Å². The van der Waals surface area contributed by atoms with Gasteiger partial charge in [0, 0.05) is 0 Å².